The molecule has 5 nitrogen and oxygen atoms in total. The first kappa shape index (κ1) is 36.5. The van der Waals surface area contributed by atoms with Crippen LogP contribution in [-0.2, 0) is 10.8 Å². The molecule has 8 aromatic carbocycles. The van der Waals surface area contributed by atoms with Gasteiger partial charge < -0.3 is 8.98 Å². The Morgan fingerprint density at radius 1 is 0.419 bits per heavy atom. The predicted molar refractivity (Wildman–Crippen MR) is 256 cm³/mol. The summed E-state index contributed by atoms with van der Waals surface area (Å²) >= 11 is 0. The lowest BCUT2D eigenvalue weighted by Gasteiger charge is -2.42. The largest absolute Gasteiger partial charge is 0.456 e. The number of fused-ring (bicyclic) bond motifs is 8. The second-order valence-corrected chi connectivity index (χ2v) is 18.3. The van der Waals surface area contributed by atoms with Crippen LogP contribution in [0.25, 0.3) is 105 Å². The predicted octanol–water partition coefficient (Wildman–Crippen LogP) is 15.0. The summed E-state index contributed by atoms with van der Waals surface area (Å²) in [4.78, 5) is 15.7. The number of aromatic nitrogens is 4. The highest BCUT2D eigenvalue weighted by molar-refractivity contribution is 6.10. The van der Waals surface area contributed by atoms with Crippen molar-refractivity contribution in [3.8, 4) is 51.0 Å². The first-order chi connectivity index (χ1) is 30.2. The van der Waals surface area contributed by atoms with E-state index in [4.69, 9.17) is 19.4 Å². The van der Waals surface area contributed by atoms with Crippen molar-refractivity contribution in [1.29, 1.82) is 0 Å². The Morgan fingerprint density at radius 3 is 1.84 bits per heavy atom. The lowest BCUT2D eigenvalue weighted by Crippen LogP contribution is -2.33. The molecule has 0 fully saturated rings. The van der Waals surface area contributed by atoms with Crippen molar-refractivity contribution >= 4 is 54.5 Å². The Morgan fingerprint density at radius 2 is 1.03 bits per heavy atom. The summed E-state index contributed by atoms with van der Waals surface area (Å²) in [5.41, 5.74) is 13.3. The second kappa shape index (κ2) is 13.6. The second-order valence-electron chi connectivity index (χ2n) is 18.3. The van der Waals surface area contributed by atoms with Crippen molar-refractivity contribution < 1.29 is 4.42 Å². The summed E-state index contributed by atoms with van der Waals surface area (Å²) in [5.74, 6) is 1.81. The van der Waals surface area contributed by atoms with E-state index < -0.39 is 0 Å². The maximum absolute atomic E-state index is 6.34. The summed E-state index contributed by atoms with van der Waals surface area (Å²) in [6, 6.07) is 60.4. The maximum atomic E-state index is 6.34. The van der Waals surface area contributed by atoms with Crippen LogP contribution in [0.5, 0.6) is 0 Å². The SMILES string of the molecule is CC1(C)CCC(C)(C)c2cc3c(cc21)c1ccccc1n3-c1ccc2ccc(-c3nc(-c4ccc5c(c4)oc4ccccc45)nc(-c4ccccc4-c4ccccc4)n3)cc2c1. The molecular formula is C57H44N4O. The van der Waals surface area contributed by atoms with Crippen molar-refractivity contribution in [1.82, 2.24) is 19.5 Å². The molecule has 1 aliphatic carbocycles. The van der Waals surface area contributed by atoms with Crippen molar-refractivity contribution in [3.63, 3.8) is 0 Å². The van der Waals surface area contributed by atoms with Gasteiger partial charge in [0.2, 0.25) is 0 Å². The minimum absolute atomic E-state index is 0.0975. The molecule has 0 radical (unpaired) electrons. The third-order valence-electron chi connectivity index (χ3n) is 13.5. The molecular weight excluding hydrogens is 757 g/mol. The van der Waals surface area contributed by atoms with Crippen LogP contribution in [0.3, 0.4) is 0 Å². The van der Waals surface area contributed by atoms with Crippen molar-refractivity contribution in [3.05, 3.63) is 181 Å². The van der Waals surface area contributed by atoms with Crippen LogP contribution in [-0.4, -0.2) is 19.5 Å². The first-order valence-electron chi connectivity index (χ1n) is 21.6. The fraction of sp³-hybridized carbons (Fsp3) is 0.140. The topological polar surface area (TPSA) is 56.7 Å². The van der Waals surface area contributed by atoms with Crippen LogP contribution in [0.4, 0.5) is 0 Å². The van der Waals surface area contributed by atoms with Gasteiger partial charge in [0, 0.05) is 43.9 Å². The average Bonchev–Trinajstić information content (AvgIpc) is 3.85. The summed E-state index contributed by atoms with van der Waals surface area (Å²) < 4.78 is 8.80. The van der Waals surface area contributed by atoms with Gasteiger partial charge in [-0.3, -0.25) is 0 Å². The highest BCUT2D eigenvalue weighted by Gasteiger charge is 2.38. The van der Waals surface area contributed by atoms with E-state index in [0.717, 1.165) is 66.2 Å². The maximum Gasteiger partial charge on any atom is 0.164 e. The Kier molecular flexibility index (Phi) is 7.98. The van der Waals surface area contributed by atoms with Gasteiger partial charge in [-0.15, -0.1) is 0 Å². The van der Waals surface area contributed by atoms with Gasteiger partial charge in [-0.1, -0.05) is 143 Å². The molecule has 0 saturated carbocycles. The van der Waals surface area contributed by atoms with E-state index in [-0.39, 0.29) is 10.8 Å². The van der Waals surface area contributed by atoms with Crippen LogP contribution in [0, 0.1) is 0 Å². The summed E-state index contributed by atoms with van der Waals surface area (Å²) in [7, 11) is 0. The van der Waals surface area contributed by atoms with E-state index in [1.807, 2.05) is 24.3 Å². The zero-order valence-electron chi connectivity index (χ0n) is 35.3. The van der Waals surface area contributed by atoms with Crippen LogP contribution in [0.1, 0.15) is 51.7 Å². The fourth-order valence-corrected chi connectivity index (χ4v) is 9.99. The van der Waals surface area contributed by atoms with Gasteiger partial charge in [0.05, 0.1) is 11.0 Å². The molecule has 0 bridgehead atoms. The molecule has 298 valence electrons. The number of hydrogen-bond donors (Lipinski definition) is 0. The Balaban J connectivity index is 1.04. The number of furan rings is 1. The van der Waals surface area contributed by atoms with E-state index >= 15 is 0 Å². The van der Waals surface area contributed by atoms with Crippen LogP contribution >= 0.6 is 0 Å². The monoisotopic (exact) mass is 800 g/mol. The highest BCUT2D eigenvalue weighted by Crippen LogP contribution is 2.49. The minimum Gasteiger partial charge on any atom is -0.456 e. The molecule has 12 rings (SSSR count). The summed E-state index contributed by atoms with van der Waals surface area (Å²) in [6.45, 7) is 9.64. The molecule has 5 heteroatoms. The van der Waals surface area contributed by atoms with Gasteiger partial charge in [-0.2, -0.15) is 0 Å². The molecule has 3 aromatic heterocycles. The quantitative estimate of drug-likeness (QED) is 0.174. The van der Waals surface area contributed by atoms with E-state index in [2.05, 4.69) is 178 Å². The molecule has 0 atom stereocenters. The molecule has 62 heavy (non-hydrogen) atoms. The van der Waals surface area contributed by atoms with Crippen LogP contribution in [0.15, 0.2) is 174 Å². The number of rotatable bonds is 5. The molecule has 0 saturated heterocycles. The van der Waals surface area contributed by atoms with Gasteiger partial charge >= 0.3 is 0 Å². The van der Waals surface area contributed by atoms with Gasteiger partial charge in [0.15, 0.2) is 17.5 Å². The van der Waals surface area contributed by atoms with E-state index in [1.165, 1.54) is 45.8 Å². The van der Waals surface area contributed by atoms with Gasteiger partial charge in [0.25, 0.3) is 0 Å². The van der Waals surface area contributed by atoms with Gasteiger partial charge in [-0.05, 0) is 111 Å². The summed E-state index contributed by atoms with van der Waals surface area (Å²) in [5, 5.41) is 7.00. The van der Waals surface area contributed by atoms with Crippen LogP contribution in [0.2, 0.25) is 0 Å². The Bertz CT molecular complexity index is 3590. The normalized spacial score (nSPS) is 14.6. The number of benzene rings is 8. The van der Waals surface area contributed by atoms with Crippen molar-refractivity contribution in [2.45, 2.75) is 51.4 Å². The third kappa shape index (κ3) is 5.79. The number of para-hydroxylation sites is 2. The van der Waals surface area contributed by atoms with Crippen molar-refractivity contribution in [2.75, 3.05) is 0 Å². The van der Waals surface area contributed by atoms with E-state index in [9.17, 15) is 0 Å². The molecule has 3 heterocycles. The Labute approximate surface area is 360 Å². The molecule has 1 aliphatic rings. The minimum atomic E-state index is 0.0975. The van der Waals surface area contributed by atoms with Gasteiger partial charge in [-0.25, -0.2) is 15.0 Å². The fourth-order valence-electron chi connectivity index (χ4n) is 9.99. The average molecular weight is 801 g/mol. The Hall–Kier alpha value is -7.37. The standard InChI is InChI=1S/C57H44N4O/c1-56(2)28-29-57(3,4)48-34-50-46(33-47(48)56)42-17-10-12-20-49(42)61(50)40-26-24-35-22-23-37(30-39(35)31-40)53-58-54(38-25-27-44-43-18-11-13-21-51(43)62-52(44)32-38)60-55(59-53)45-19-9-8-16-41(45)36-14-6-5-7-15-36/h5-27,30-34H,28-29H2,1-4H3. The number of hydrogen-bond acceptors (Lipinski definition) is 4. The molecule has 0 aliphatic heterocycles. The zero-order chi connectivity index (χ0) is 41.7. The third-order valence-corrected chi connectivity index (χ3v) is 13.5. The summed E-state index contributed by atoms with van der Waals surface area (Å²) in [6.07, 6.45) is 2.36. The number of nitrogens with zero attached hydrogens (tertiary/aromatic N) is 4. The van der Waals surface area contributed by atoms with E-state index in [0.29, 0.717) is 17.5 Å². The highest BCUT2D eigenvalue weighted by atomic mass is 16.3. The van der Waals surface area contributed by atoms with E-state index in [1.54, 1.807) is 0 Å². The van der Waals surface area contributed by atoms with Crippen molar-refractivity contribution in [2.24, 2.45) is 0 Å². The molecule has 0 amide bonds. The lowest BCUT2D eigenvalue weighted by molar-refractivity contribution is 0.332. The lowest BCUT2D eigenvalue weighted by atomic mass is 9.63. The van der Waals surface area contributed by atoms with Crippen LogP contribution < -0.4 is 0 Å². The first-order valence-corrected chi connectivity index (χ1v) is 21.6. The van der Waals surface area contributed by atoms with Gasteiger partial charge in [0.1, 0.15) is 11.2 Å². The molecule has 0 spiro atoms. The molecule has 0 N–H and O–H groups in total. The zero-order valence-corrected chi connectivity index (χ0v) is 35.3. The molecule has 11 aromatic rings. The smallest absolute Gasteiger partial charge is 0.164 e. The molecule has 0 unspecified atom stereocenters.